The van der Waals surface area contributed by atoms with Crippen LogP contribution in [0.25, 0.3) is 0 Å². The number of rotatable bonds is 5. The first-order valence-corrected chi connectivity index (χ1v) is 6.69. The van der Waals surface area contributed by atoms with Gasteiger partial charge in [-0.15, -0.1) is 0 Å². The summed E-state index contributed by atoms with van der Waals surface area (Å²) in [6.07, 6.45) is 3.03. The minimum atomic E-state index is -0.342. The van der Waals surface area contributed by atoms with Crippen molar-refractivity contribution < 1.29 is 9.59 Å². The standard InChI is InChI=1S/C15H17N5O2/c1-20(2)15-17-8-12(9-18-15)19-13(21)10-16-14(22)11-6-4-3-5-7-11/h3-9H,10H2,1-2H3,(H,16,22)(H,19,21). The van der Waals surface area contributed by atoms with Crippen LogP contribution >= 0.6 is 0 Å². The van der Waals surface area contributed by atoms with Gasteiger partial charge >= 0.3 is 0 Å². The summed E-state index contributed by atoms with van der Waals surface area (Å²) < 4.78 is 0. The molecule has 7 nitrogen and oxygen atoms in total. The van der Waals surface area contributed by atoms with Crippen LogP contribution in [0, 0.1) is 0 Å². The van der Waals surface area contributed by atoms with Gasteiger partial charge in [0.05, 0.1) is 24.6 Å². The Morgan fingerprint density at radius 2 is 1.73 bits per heavy atom. The molecular weight excluding hydrogens is 282 g/mol. The van der Waals surface area contributed by atoms with Crippen molar-refractivity contribution in [1.29, 1.82) is 0 Å². The monoisotopic (exact) mass is 299 g/mol. The topological polar surface area (TPSA) is 87.2 Å². The molecular formula is C15H17N5O2. The van der Waals surface area contributed by atoms with Gasteiger partial charge in [0, 0.05) is 19.7 Å². The lowest BCUT2D eigenvalue weighted by molar-refractivity contribution is -0.115. The summed E-state index contributed by atoms with van der Waals surface area (Å²) in [7, 11) is 3.65. The van der Waals surface area contributed by atoms with Gasteiger partial charge in [0.2, 0.25) is 11.9 Å². The molecule has 2 aromatic rings. The van der Waals surface area contributed by atoms with Crippen molar-refractivity contribution in [3.63, 3.8) is 0 Å². The molecule has 0 unspecified atom stereocenters. The molecule has 1 heterocycles. The smallest absolute Gasteiger partial charge is 0.251 e. The van der Waals surface area contributed by atoms with Crippen LogP contribution in [0.4, 0.5) is 11.6 Å². The van der Waals surface area contributed by atoms with E-state index in [1.54, 1.807) is 29.2 Å². The van der Waals surface area contributed by atoms with Crippen molar-refractivity contribution >= 4 is 23.5 Å². The zero-order chi connectivity index (χ0) is 15.9. The van der Waals surface area contributed by atoms with Crippen molar-refractivity contribution in [1.82, 2.24) is 15.3 Å². The van der Waals surface area contributed by atoms with Gasteiger partial charge < -0.3 is 15.5 Å². The maximum absolute atomic E-state index is 11.8. The number of benzene rings is 1. The summed E-state index contributed by atoms with van der Waals surface area (Å²) in [5.41, 5.74) is 0.985. The van der Waals surface area contributed by atoms with Crippen LogP contribution in [0.3, 0.4) is 0 Å². The zero-order valence-corrected chi connectivity index (χ0v) is 12.4. The minimum absolute atomic E-state index is 0.122. The highest BCUT2D eigenvalue weighted by atomic mass is 16.2. The lowest BCUT2D eigenvalue weighted by Gasteiger charge is -2.10. The van der Waals surface area contributed by atoms with Crippen molar-refractivity contribution in [2.24, 2.45) is 0 Å². The molecule has 0 radical (unpaired) electrons. The predicted molar refractivity (Wildman–Crippen MR) is 83.8 cm³/mol. The van der Waals surface area contributed by atoms with Gasteiger partial charge in [-0.2, -0.15) is 0 Å². The number of hydrogen-bond acceptors (Lipinski definition) is 5. The second-order valence-corrected chi connectivity index (χ2v) is 4.76. The van der Waals surface area contributed by atoms with Crippen molar-refractivity contribution in [2.75, 3.05) is 30.9 Å². The molecule has 0 spiro atoms. The maximum Gasteiger partial charge on any atom is 0.251 e. The summed E-state index contributed by atoms with van der Waals surface area (Å²) in [4.78, 5) is 33.5. The summed E-state index contributed by atoms with van der Waals surface area (Å²) in [6, 6.07) is 8.71. The molecule has 0 fully saturated rings. The second kappa shape index (κ2) is 7.16. The molecule has 0 saturated heterocycles. The van der Waals surface area contributed by atoms with E-state index >= 15 is 0 Å². The number of anilines is 2. The van der Waals surface area contributed by atoms with Gasteiger partial charge in [0.25, 0.3) is 5.91 Å². The average molecular weight is 299 g/mol. The van der Waals surface area contributed by atoms with Crippen LogP contribution in [-0.4, -0.2) is 42.4 Å². The Labute approximate surface area is 128 Å². The first-order chi connectivity index (χ1) is 10.6. The largest absolute Gasteiger partial charge is 0.347 e. The second-order valence-electron chi connectivity index (χ2n) is 4.76. The number of aromatic nitrogens is 2. The Bertz CT molecular complexity index is 641. The Hall–Kier alpha value is -2.96. The molecule has 22 heavy (non-hydrogen) atoms. The molecule has 1 aromatic carbocycles. The zero-order valence-electron chi connectivity index (χ0n) is 12.4. The van der Waals surface area contributed by atoms with Crippen LogP contribution in [0.5, 0.6) is 0 Å². The van der Waals surface area contributed by atoms with Crippen LogP contribution in [0.15, 0.2) is 42.7 Å². The first kappa shape index (κ1) is 15.4. The Balaban J connectivity index is 1.84. The van der Waals surface area contributed by atoms with Gasteiger partial charge in [-0.05, 0) is 12.1 Å². The molecule has 2 N–H and O–H groups in total. The Kier molecular flexibility index (Phi) is 5.02. The fourth-order valence-electron chi connectivity index (χ4n) is 1.67. The molecule has 0 atom stereocenters. The van der Waals surface area contributed by atoms with Gasteiger partial charge in [0.15, 0.2) is 0 Å². The lowest BCUT2D eigenvalue weighted by atomic mass is 10.2. The highest BCUT2D eigenvalue weighted by Crippen LogP contribution is 2.07. The van der Waals surface area contributed by atoms with Crippen molar-refractivity contribution in [3.8, 4) is 0 Å². The van der Waals surface area contributed by atoms with Gasteiger partial charge in [0.1, 0.15) is 0 Å². The molecule has 0 saturated carbocycles. The number of hydrogen-bond donors (Lipinski definition) is 2. The minimum Gasteiger partial charge on any atom is -0.347 e. The SMILES string of the molecule is CN(C)c1ncc(NC(=O)CNC(=O)c2ccccc2)cn1. The van der Waals surface area contributed by atoms with E-state index in [9.17, 15) is 9.59 Å². The van der Waals surface area contributed by atoms with Gasteiger partial charge in [-0.25, -0.2) is 9.97 Å². The molecule has 0 bridgehead atoms. The van der Waals surface area contributed by atoms with Crippen LogP contribution in [-0.2, 0) is 4.79 Å². The number of carbonyl (C=O) groups excluding carboxylic acids is 2. The molecule has 0 aliphatic heterocycles. The fourth-order valence-corrected chi connectivity index (χ4v) is 1.67. The molecule has 114 valence electrons. The van der Waals surface area contributed by atoms with Crippen LogP contribution in [0.1, 0.15) is 10.4 Å². The normalized spacial score (nSPS) is 9.91. The van der Waals surface area contributed by atoms with Crippen molar-refractivity contribution in [2.45, 2.75) is 0 Å². The van der Waals surface area contributed by atoms with Crippen LogP contribution < -0.4 is 15.5 Å². The summed E-state index contributed by atoms with van der Waals surface area (Å²) in [6.45, 7) is -0.122. The van der Waals surface area contributed by atoms with Gasteiger partial charge in [-0.1, -0.05) is 18.2 Å². The quantitative estimate of drug-likeness (QED) is 0.857. The van der Waals surface area contributed by atoms with Crippen LogP contribution in [0.2, 0.25) is 0 Å². The van der Waals surface area contributed by atoms with Crippen molar-refractivity contribution in [3.05, 3.63) is 48.3 Å². The molecule has 2 rings (SSSR count). The van der Waals surface area contributed by atoms with E-state index < -0.39 is 0 Å². The highest BCUT2D eigenvalue weighted by Gasteiger charge is 2.08. The summed E-state index contributed by atoms with van der Waals surface area (Å²) >= 11 is 0. The Morgan fingerprint density at radius 1 is 1.09 bits per heavy atom. The van der Waals surface area contributed by atoms with E-state index in [0.717, 1.165) is 0 Å². The molecule has 7 heteroatoms. The summed E-state index contributed by atoms with van der Waals surface area (Å²) in [5, 5.41) is 5.17. The number of nitrogens with one attached hydrogen (secondary N) is 2. The third kappa shape index (κ3) is 4.27. The Morgan fingerprint density at radius 3 is 2.32 bits per heavy atom. The fraction of sp³-hybridized carbons (Fsp3) is 0.200. The van der Waals surface area contributed by atoms with E-state index in [4.69, 9.17) is 0 Å². The highest BCUT2D eigenvalue weighted by molar-refractivity contribution is 5.99. The third-order valence-corrected chi connectivity index (χ3v) is 2.77. The van der Waals surface area contributed by atoms with Gasteiger partial charge in [-0.3, -0.25) is 9.59 Å². The van der Waals surface area contributed by atoms with E-state index in [1.165, 1.54) is 12.4 Å². The third-order valence-electron chi connectivity index (χ3n) is 2.77. The lowest BCUT2D eigenvalue weighted by Crippen LogP contribution is -2.32. The number of carbonyl (C=O) groups is 2. The molecule has 2 amide bonds. The molecule has 1 aromatic heterocycles. The maximum atomic E-state index is 11.8. The summed E-state index contributed by atoms with van der Waals surface area (Å²) in [5.74, 6) is -0.0872. The van der Waals surface area contributed by atoms with E-state index in [0.29, 0.717) is 17.2 Å². The van der Waals surface area contributed by atoms with E-state index in [-0.39, 0.29) is 18.4 Å². The predicted octanol–water partition coefficient (Wildman–Crippen LogP) is 0.911. The first-order valence-electron chi connectivity index (χ1n) is 6.69. The molecule has 0 aliphatic carbocycles. The van der Waals surface area contributed by atoms with E-state index in [2.05, 4.69) is 20.6 Å². The van der Waals surface area contributed by atoms with E-state index in [1.807, 2.05) is 20.2 Å². The molecule has 0 aliphatic rings. The average Bonchev–Trinajstić information content (AvgIpc) is 2.54. The number of amides is 2. The number of nitrogens with zero attached hydrogens (tertiary/aromatic N) is 3.